The van der Waals surface area contributed by atoms with Gasteiger partial charge in [-0.25, -0.2) is 0 Å². The Morgan fingerprint density at radius 3 is 3.15 bits per heavy atom. The van der Waals surface area contributed by atoms with E-state index in [4.69, 9.17) is 0 Å². The van der Waals surface area contributed by atoms with Gasteiger partial charge < -0.3 is 10.2 Å². The first-order valence-electron chi connectivity index (χ1n) is 4.85. The lowest BCUT2D eigenvalue weighted by Crippen LogP contribution is -2.54. The van der Waals surface area contributed by atoms with Crippen LogP contribution in [0, 0.1) is 0 Å². The fourth-order valence-corrected chi connectivity index (χ4v) is 2.07. The van der Waals surface area contributed by atoms with E-state index in [1.165, 1.54) is 0 Å². The molecule has 0 aromatic rings. The quantitative estimate of drug-likeness (QED) is 0.676. The van der Waals surface area contributed by atoms with Gasteiger partial charge in [-0.05, 0) is 12.7 Å². The molecule has 1 amide bonds. The van der Waals surface area contributed by atoms with Crippen LogP contribution in [0.25, 0.3) is 0 Å². The molecule has 0 aromatic carbocycles. The molecule has 0 aliphatic carbocycles. The summed E-state index contributed by atoms with van der Waals surface area (Å²) in [6, 6.07) is 0.0142. The molecular weight excluding hydrogens is 184 g/mol. The number of carbonyl (C=O) groups is 1. The number of hydrogen-bond acceptors (Lipinski definition) is 3. The van der Waals surface area contributed by atoms with Crippen LogP contribution in [-0.4, -0.2) is 48.0 Å². The summed E-state index contributed by atoms with van der Waals surface area (Å²) in [5, 5.41) is 3.15. The first-order chi connectivity index (χ1) is 6.25. The zero-order chi connectivity index (χ0) is 9.68. The molecule has 1 unspecified atom stereocenters. The summed E-state index contributed by atoms with van der Waals surface area (Å²) in [4.78, 5) is 13.5. The third-order valence-electron chi connectivity index (χ3n) is 2.22. The second-order valence-corrected chi connectivity index (χ2v) is 4.59. The van der Waals surface area contributed by atoms with Gasteiger partial charge in [0.2, 0.25) is 5.91 Å². The highest BCUT2D eigenvalue weighted by Crippen LogP contribution is 2.04. The van der Waals surface area contributed by atoms with Gasteiger partial charge in [-0.1, -0.05) is 6.92 Å². The fourth-order valence-electron chi connectivity index (χ4n) is 1.43. The number of nitrogens with zero attached hydrogens (tertiary/aromatic N) is 1. The van der Waals surface area contributed by atoms with E-state index in [9.17, 15) is 4.79 Å². The first-order valence-corrected chi connectivity index (χ1v) is 6.01. The highest BCUT2D eigenvalue weighted by molar-refractivity contribution is 7.99. The number of amides is 1. The van der Waals surface area contributed by atoms with Crippen LogP contribution in [0.2, 0.25) is 0 Å². The minimum absolute atomic E-state index is 0.0142. The number of nitrogens with one attached hydrogen (secondary N) is 1. The monoisotopic (exact) mass is 202 g/mol. The van der Waals surface area contributed by atoms with E-state index in [1.807, 2.05) is 23.6 Å². The molecule has 0 aromatic heterocycles. The molecule has 0 bridgehead atoms. The van der Waals surface area contributed by atoms with Gasteiger partial charge in [-0.15, -0.1) is 0 Å². The standard InChI is InChI=1S/C9H18N2OS/c1-3-13-7-6-11-5-4-10-8(2)9(11)12/h8,10H,3-7H2,1-2H3. The molecule has 3 nitrogen and oxygen atoms in total. The van der Waals surface area contributed by atoms with E-state index in [1.54, 1.807) is 0 Å². The van der Waals surface area contributed by atoms with Crippen molar-refractivity contribution >= 4 is 17.7 Å². The van der Waals surface area contributed by atoms with Gasteiger partial charge in [0.1, 0.15) is 0 Å². The average Bonchev–Trinajstić information content (AvgIpc) is 2.13. The molecule has 13 heavy (non-hydrogen) atoms. The lowest BCUT2D eigenvalue weighted by atomic mass is 10.2. The molecule has 1 saturated heterocycles. The van der Waals surface area contributed by atoms with Crippen LogP contribution >= 0.6 is 11.8 Å². The number of hydrogen-bond donors (Lipinski definition) is 1. The van der Waals surface area contributed by atoms with Gasteiger partial charge >= 0.3 is 0 Å². The Morgan fingerprint density at radius 2 is 2.46 bits per heavy atom. The van der Waals surface area contributed by atoms with Crippen molar-refractivity contribution in [3.63, 3.8) is 0 Å². The molecule has 1 fully saturated rings. The second kappa shape index (κ2) is 5.50. The molecule has 76 valence electrons. The lowest BCUT2D eigenvalue weighted by molar-refractivity contribution is -0.134. The molecular formula is C9H18N2OS. The number of thioether (sulfide) groups is 1. The van der Waals surface area contributed by atoms with Crippen LogP contribution in [0.1, 0.15) is 13.8 Å². The maximum atomic E-state index is 11.6. The molecule has 1 rings (SSSR count). The normalized spacial score (nSPS) is 23.7. The SMILES string of the molecule is CCSCCN1CCNC(C)C1=O. The summed E-state index contributed by atoms with van der Waals surface area (Å²) in [5.74, 6) is 2.45. The van der Waals surface area contributed by atoms with Gasteiger partial charge in [-0.3, -0.25) is 4.79 Å². The van der Waals surface area contributed by atoms with Crippen molar-refractivity contribution in [2.45, 2.75) is 19.9 Å². The highest BCUT2D eigenvalue weighted by Gasteiger charge is 2.23. The van der Waals surface area contributed by atoms with E-state index in [-0.39, 0.29) is 11.9 Å². The van der Waals surface area contributed by atoms with E-state index < -0.39 is 0 Å². The zero-order valence-corrected chi connectivity index (χ0v) is 9.19. The van der Waals surface area contributed by atoms with Crippen molar-refractivity contribution in [3.8, 4) is 0 Å². The molecule has 0 spiro atoms. The van der Waals surface area contributed by atoms with E-state index in [2.05, 4.69) is 12.2 Å². The topological polar surface area (TPSA) is 32.3 Å². The maximum Gasteiger partial charge on any atom is 0.239 e. The minimum Gasteiger partial charge on any atom is -0.339 e. The summed E-state index contributed by atoms with van der Waals surface area (Å²) in [6.07, 6.45) is 0. The summed E-state index contributed by atoms with van der Waals surface area (Å²) < 4.78 is 0. The van der Waals surface area contributed by atoms with Crippen LogP contribution in [-0.2, 0) is 4.79 Å². The van der Waals surface area contributed by atoms with Gasteiger partial charge in [0.15, 0.2) is 0 Å². The van der Waals surface area contributed by atoms with E-state index in [0.717, 1.165) is 31.1 Å². The molecule has 1 heterocycles. The van der Waals surface area contributed by atoms with E-state index >= 15 is 0 Å². The van der Waals surface area contributed by atoms with Crippen LogP contribution in [0.5, 0.6) is 0 Å². The molecule has 4 heteroatoms. The first kappa shape index (κ1) is 10.9. The average molecular weight is 202 g/mol. The van der Waals surface area contributed by atoms with Crippen molar-refractivity contribution in [1.82, 2.24) is 10.2 Å². The Hall–Kier alpha value is -0.220. The van der Waals surface area contributed by atoms with Crippen LogP contribution in [0.4, 0.5) is 0 Å². The Bertz CT molecular complexity index is 175. The Kier molecular flexibility index (Phi) is 4.59. The van der Waals surface area contributed by atoms with Gasteiger partial charge in [0, 0.05) is 25.4 Å². The van der Waals surface area contributed by atoms with Crippen molar-refractivity contribution in [3.05, 3.63) is 0 Å². The molecule has 1 atom stereocenters. The summed E-state index contributed by atoms with van der Waals surface area (Å²) in [5.41, 5.74) is 0. The second-order valence-electron chi connectivity index (χ2n) is 3.20. The molecule has 1 aliphatic heterocycles. The summed E-state index contributed by atoms with van der Waals surface area (Å²) in [7, 11) is 0. The van der Waals surface area contributed by atoms with Crippen molar-refractivity contribution in [2.24, 2.45) is 0 Å². The summed E-state index contributed by atoms with van der Waals surface area (Å²) in [6.45, 7) is 6.79. The third kappa shape index (κ3) is 3.19. The van der Waals surface area contributed by atoms with Crippen molar-refractivity contribution < 1.29 is 4.79 Å². The molecule has 0 radical (unpaired) electrons. The van der Waals surface area contributed by atoms with E-state index in [0.29, 0.717) is 0 Å². The molecule has 0 saturated carbocycles. The Morgan fingerprint density at radius 1 is 1.69 bits per heavy atom. The van der Waals surface area contributed by atoms with Crippen molar-refractivity contribution in [2.75, 3.05) is 31.1 Å². The van der Waals surface area contributed by atoms with Crippen LogP contribution in [0.15, 0.2) is 0 Å². The maximum absolute atomic E-state index is 11.6. The zero-order valence-electron chi connectivity index (χ0n) is 8.38. The fraction of sp³-hybridized carbons (Fsp3) is 0.889. The molecule has 1 aliphatic rings. The van der Waals surface area contributed by atoms with Gasteiger partial charge in [-0.2, -0.15) is 11.8 Å². The number of carbonyl (C=O) groups excluding carboxylic acids is 1. The molecule has 1 N–H and O–H groups in total. The minimum atomic E-state index is 0.0142. The van der Waals surface area contributed by atoms with Crippen LogP contribution in [0.3, 0.4) is 0 Å². The smallest absolute Gasteiger partial charge is 0.239 e. The third-order valence-corrected chi connectivity index (χ3v) is 3.10. The van der Waals surface area contributed by atoms with Crippen LogP contribution < -0.4 is 5.32 Å². The predicted octanol–water partition coefficient (Wildman–Crippen LogP) is 0.560. The van der Waals surface area contributed by atoms with Crippen molar-refractivity contribution in [1.29, 1.82) is 0 Å². The summed E-state index contributed by atoms with van der Waals surface area (Å²) >= 11 is 1.89. The van der Waals surface area contributed by atoms with Gasteiger partial charge in [0.05, 0.1) is 6.04 Å². The Labute approximate surface area is 84.2 Å². The predicted molar refractivity (Wildman–Crippen MR) is 57.0 cm³/mol. The Balaban J connectivity index is 2.27. The number of rotatable bonds is 4. The lowest BCUT2D eigenvalue weighted by Gasteiger charge is -2.31. The largest absolute Gasteiger partial charge is 0.339 e. The number of piperazine rings is 1. The van der Waals surface area contributed by atoms with Gasteiger partial charge in [0.25, 0.3) is 0 Å². The highest BCUT2D eigenvalue weighted by atomic mass is 32.2.